The molecule has 2 saturated heterocycles. The molecule has 0 aromatic heterocycles. The molecule has 2 N–H and O–H groups in total. The molecule has 3 rings (SSSR count). The van der Waals surface area contributed by atoms with E-state index in [-0.39, 0.29) is 17.9 Å². The SMILES string of the molecule is Cc1cccc(NC(=O)N2CCN(C(=O)C3CCCNCC3)CC2)c1. The molecule has 2 aliphatic rings. The van der Waals surface area contributed by atoms with Crippen LogP contribution in [0.5, 0.6) is 0 Å². The molecule has 0 bridgehead atoms. The van der Waals surface area contributed by atoms with E-state index in [1.807, 2.05) is 36.1 Å². The minimum atomic E-state index is -0.0867. The van der Waals surface area contributed by atoms with Crippen LogP contribution in [0.1, 0.15) is 24.8 Å². The maximum Gasteiger partial charge on any atom is 0.321 e. The Morgan fingerprint density at radius 3 is 2.60 bits per heavy atom. The average Bonchev–Trinajstić information content (AvgIpc) is 2.90. The molecule has 6 heteroatoms. The Morgan fingerprint density at radius 1 is 1.08 bits per heavy atom. The predicted octanol–water partition coefficient (Wildman–Crippen LogP) is 2.06. The van der Waals surface area contributed by atoms with E-state index in [2.05, 4.69) is 10.6 Å². The van der Waals surface area contributed by atoms with Gasteiger partial charge in [0, 0.05) is 37.8 Å². The molecule has 3 amide bonds. The average molecular weight is 344 g/mol. The van der Waals surface area contributed by atoms with Crippen molar-refractivity contribution in [1.29, 1.82) is 0 Å². The van der Waals surface area contributed by atoms with E-state index in [4.69, 9.17) is 0 Å². The third-order valence-electron chi connectivity index (χ3n) is 5.07. The fourth-order valence-corrected chi connectivity index (χ4v) is 3.58. The lowest BCUT2D eigenvalue weighted by atomic mass is 9.98. The van der Waals surface area contributed by atoms with E-state index in [1.165, 1.54) is 0 Å². The molecule has 1 atom stereocenters. The van der Waals surface area contributed by atoms with Crippen LogP contribution in [0.25, 0.3) is 0 Å². The van der Waals surface area contributed by atoms with Gasteiger partial charge in [-0.15, -0.1) is 0 Å². The summed E-state index contributed by atoms with van der Waals surface area (Å²) in [5.41, 5.74) is 1.93. The second-order valence-electron chi connectivity index (χ2n) is 6.99. The Balaban J connectivity index is 1.49. The third-order valence-corrected chi connectivity index (χ3v) is 5.07. The first-order valence-corrected chi connectivity index (χ1v) is 9.25. The first-order chi connectivity index (χ1) is 12.1. The summed E-state index contributed by atoms with van der Waals surface area (Å²) in [4.78, 5) is 28.8. The fraction of sp³-hybridized carbons (Fsp3) is 0.579. The zero-order valence-electron chi connectivity index (χ0n) is 15.0. The number of hydrogen-bond acceptors (Lipinski definition) is 3. The summed E-state index contributed by atoms with van der Waals surface area (Å²) < 4.78 is 0. The Labute approximate surface area is 149 Å². The summed E-state index contributed by atoms with van der Waals surface area (Å²) in [6.07, 6.45) is 2.96. The Bertz CT molecular complexity index is 603. The van der Waals surface area contributed by atoms with Crippen molar-refractivity contribution in [3.8, 4) is 0 Å². The topological polar surface area (TPSA) is 64.7 Å². The van der Waals surface area contributed by atoms with Gasteiger partial charge in [-0.1, -0.05) is 12.1 Å². The lowest BCUT2D eigenvalue weighted by Gasteiger charge is -2.36. The van der Waals surface area contributed by atoms with Crippen molar-refractivity contribution in [3.63, 3.8) is 0 Å². The smallest absolute Gasteiger partial charge is 0.321 e. The number of nitrogens with one attached hydrogen (secondary N) is 2. The highest BCUT2D eigenvalue weighted by atomic mass is 16.2. The summed E-state index contributed by atoms with van der Waals surface area (Å²) in [6.45, 7) is 6.38. The largest absolute Gasteiger partial charge is 0.339 e. The van der Waals surface area contributed by atoms with E-state index in [0.29, 0.717) is 26.2 Å². The van der Waals surface area contributed by atoms with Crippen molar-refractivity contribution in [3.05, 3.63) is 29.8 Å². The van der Waals surface area contributed by atoms with E-state index in [0.717, 1.165) is 43.6 Å². The van der Waals surface area contributed by atoms with Gasteiger partial charge in [0.15, 0.2) is 0 Å². The summed E-state index contributed by atoms with van der Waals surface area (Å²) in [7, 11) is 0. The second-order valence-corrected chi connectivity index (χ2v) is 6.99. The number of rotatable bonds is 2. The van der Waals surface area contributed by atoms with Crippen LogP contribution in [0.4, 0.5) is 10.5 Å². The molecular weight excluding hydrogens is 316 g/mol. The molecule has 0 radical (unpaired) electrons. The van der Waals surface area contributed by atoms with Gasteiger partial charge in [0.2, 0.25) is 5.91 Å². The number of amides is 3. The van der Waals surface area contributed by atoms with Crippen LogP contribution >= 0.6 is 0 Å². The number of anilines is 1. The predicted molar refractivity (Wildman–Crippen MR) is 98.6 cm³/mol. The van der Waals surface area contributed by atoms with Crippen molar-refractivity contribution in [1.82, 2.24) is 15.1 Å². The molecule has 6 nitrogen and oxygen atoms in total. The fourth-order valence-electron chi connectivity index (χ4n) is 3.58. The monoisotopic (exact) mass is 344 g/mol. The van der Waals surface area contributed by atoms with Gasteiger partial charge < -0.3 is 20.4 Å². The summed E-state index contributed by atoms with van der Waals surface area (Å²) in [5.74, 6) is 0.408. The number of hydrogen-bond donors (Lipinski definition) is 2. The Morgan fingerprint density at radius 2 is 1.84 bits per heavy atom. The van der Waals surface area contributed by atoms with Crippen LogP contribution in [-0.2, 0) is 4.79 Å². The minimum absolute atomic E-state index is 0.0867. The maximum atomic E-state index is 12.7. The summed E-state index contributed by atoms with van der Waals surface area (Å²) >= 11 is 0. The van der Waals surface area contributed by atoms with Crippen molar-refractivity contribution >= 4 is 17.6 Å². The molecule has 0 spiro atoms. The standard InChI is InChI=1S/C19H28N4O2/c1-15-4-2-6-17(14-15)21-19(25)23-12-10-22(11-13-23)18(24)16-5-3-8-20-9-7-16/h2,4,6,14,16,20H,3,5,7-13H2,1H3,(H,21,25). The van der Waals surface area contributed by atoms with Crippen molar-refractivity contribution in [2.45, 2.75) is 26.2 Å². The summed E-state index contributed by atoms with van der Waals surface area (Å²) in [5, 5.41) is 6.30. The van der Waals surface area contributed by atoms with Crippen LogP contribution < -0.4 is 10.6 Å². The number of aryl methyl sites for hydroxylation is 1. The van der Waals surface area contributed by atoms with E-state index < -0.39 is 0 Å². The Hall–Kier alpha value is -2.08. The van der Waals surface area contributed by atoms with Gasteiger partial charge in [-0.2, -0.15) is 0 Å². The quantitative estimate of drug-likeness (QED) is 0.863. The molecule has 0 aliphatic carbocycles. The summed E-state index contributed by atoms with van der Waals surface area (Å²) in [6, 6.07) is 7.70. The molecule has 1 aromatic rings. The van der Waals surface area contributed by atoms with Gasteiger partial charge in [-0.05, 0) is 57.0 Å². The minimum Gasteiger partial charge on any atom is -0.339 e. The highest BCUT2D eigenvalue weighted by molar-refractivity contribution is 5.89. The zero-order valence-corrected chi connectivity index (χ0v) is 15.0. The van der Waals surface area contributed by atoms with Crippen LogP contribution in [0.3, 0.4) is 0 Å². The maximum absolute atomic E-state index is 12.7. The molecule has 2 heterocycles. The molecule has 1 unspecified atom stereocenters. The van der Waals surface area contributed by atoms with Gasteiger partial charge in [-0.3, -0.25) is 4.79 Å². The normalized spacial score (nSPS) is 21.6. The number of piperazine rings is 1. The van der Waals surface area contributed by atoms with Crippen LogP contribution in [-0.4, -0.2) is 61.0 Å². The number of benzene rings is 1. The second kappa shape index (κ2) is 8.34. The highest BCUT2D eigenvalue weighted by Gasteiger charge is 2.29. The number of urea groups is 1. The van der Waals surface area contributed by atoms with E-state index in [9.17, 15) is 9.59 Å². The lowest BCUT2D eigenvalue weighted by molar-refractivity contribution is -0.137. The van der Waals surface area contributed by atoms with E-state index >= 15 is 0 Å². The van der Waals surface area contributed by atoms with Gasteiger partial charge in [0.25, 0.3) is 0 Å². The number of nitrogens with zero attached hydrogens (tertiary/aromatic N) is 2. The highest BCUT2D eigenvalue weighted by Crippen LogP contribution is 2.18. The van der Waals surface area contributed by atoms with Crippen LogP contribution in [0, 0.1) is 12.8 Å². The molecule has 25 heavy (non-hydrogen) atoms. The number of carbonyl (C=O) groups is 2. The van der Waals surface area contributed by atoms with Gasteiger partial charge in [0.05, 0.1) is 0 Å². The molecule has 0 saturated carbocycles. The number of carbonyl (C=O) groups excluding carboxylic acids is 2. The first kappa shape index (κ1) is 17.7. The Kier molecular flexibility index (Phi) is 5.91. The third kappa shape index (κ3) is 4.72. The van der Waals surface area contributed by atoms with E-state index in [1.54, 1.807) is 4.90 Å². The lowest BCUT2D eigenvalue weighted by Crippen LogP contribution is -2.53. The van der Waals surface area contributed by atoms with Crippen LogP contribution in [0.15, 0.2) is 24.3 Å². The van der Waals surface area contributed by atoms with Crippen molar-refractivity contribution in [2.24, 2.45) is 5.92 Å². The van der Waals surface area contributed by atoms with Gasteiger partial charge in [-0.25, -0.2) is 4.79 Å². The van der Waals surface area contributed by atoms with Gasteiger partial charge >= 0.3 is 6.03 Å². The molecule has 2 fully saturated rings. The molecular formula is C19H28N4O2. The van der Waals surface area contributed by atoms with Gasteiger partial charge in [0.1, 0.15) is 0 Å². The zero-order chi connectivity index (χ0) is 17.6. The van der Waals surface area contributed by atoms with Crippen LogP contribution in [0.2, 0.25) is 0 Å². The molecule has 136 valence electrons. The van der Waals surface area contributed by atoms with Crippen molar-refractivity contribution in [2.75, 3.05) is 44.6 Å². The first-order valence-electron chi connectivity index (χ1n) is 9.25. The molecule has 1 aromatic carbocycles. The molecule has 2 aliphatic heterocycles. The van der Waals surface area contributed by atoms with Crippen molar-refractivity contribution < 1.29 is 9.59 Å².